The van der Waals surface area contributed by atoms with Gasteiger partial charge in [-0.1, -0.05) is 0 Å². The lowest BCUT2D eigenvalue weighted by Crippen LogP contribution is -2.17. The normalized spacial score (nSPS) is 12.3. The van der Waals surface area contributed by atoms with E-state index in [1.54, 1.807) is 7.05 Å². The van der Waals surface area contributed by atoms with Crippen molar-refractivity contribution in [3.05, 3.63) is 10.3 Å². The van der Waals surface area contributed by atoms with Crippen LogP contribution >= 0.6 is 31.9 Å². The number of hydrogen-bond acceptors (Lipinski definition) is 3. The zero-order chi connectivity index (χ0) is 7.44. The molecular formula is C4H7Br2N3. The lowest BCUT2D eigenvalue weighted by molar-refractivity contribution is 0.966. The van der Waals surface area contributed by atoms with E-state index in [4.69, 9.17) is 11.1 Å². The Balaban J connectivity index is 4.28. The van der Waals surface area contributed by atoms with Gasteiger partial charge in [-0.15, -0.1) is 0 Å². The SMILES string of the molecule is CN/C(N)=C(/Br)C(=N)Br. The lowest BCUT2D eigenvalue weighted by atomic mass is 10.6. The van der Waals surface area contributed by atoms with Crippen molar-refractivity contribution in [3.8, 4) is 0 Å². The zero-order valence-electron chi connectivity index (χ0n) is 4.83. The Morgan fingerprint density at radius 3 is 2.11 bits per heavy atom. The van der Waals surface area contributed by atoms with Crippen LogP contribution in [-0.4, -0.2) is 11.7 Å². The topological polar surface area (TPSA) is 61.9 Å². The van der Waals surface area contributed by atoms with Crippen molar-refractivity contribution >= 4 is 36.5 Å². The van der Waals surface area contributed by atoms with Gasteiger partial charge in [0.2, 0.25) is 0 Å². The Hall–Kier alpha value is -0.0300. The van der Waals surface area contributed by atoms with Crippen molar-refractivity contribution in [2.24, 2.45) is 5.73 Å². The third kappa shape index (κ3) is 2.86. The smallest absolute Gasteiger partial charge is 0.115 e. The van der Waals surface area contributed by atoms with Crippen molar-refractivity contribution in [1.82, 2.24) is 5.32 Å². The summed E-state index contributed by atoms with van der Waals surface area (Å²) in [7, 11) is 1.69. The first-order chi connectivity index (χ1) is 4.09. The molecule has 0 aromatic heterocycles. The summed E-state index contributed by atoms with van der Waals surface area (Å²) >= 11 is 6.03. The van der Waals surface area contributed by atoms with E-state index in [9.17, 15) is 0 Å². The second-order valence-electron chi connectivity index (χ2n) is 1.29. The standard InChI is InChI=1S/C4H7Br2N3/c1-9-4(8)2(5)3(6)7/h7,9H,8H2,1H3/b4-2+,7-3?. The Kier molecular flexibility index (Phi) is 3.88. The van der Waals surface area contributed by atoms with E-state index in [-0.39, 0.29) is 4.62 Å². The molecule has 0 aliphatic rings. The summed E-state index contributed by atoms with van der Waals surface area (Å²) < 4.78 is 0.763. The van der Waals surface area contributed by atoms with Crippen LogP contribution in [0.3, 0.4) is 0 Å². The largest absolute Gasteiger partial charge is 0.385 e. The van der Waals surface area contributed by atoms with Crippen LogP contribution in [0.5, 0.6) is 0 Å². The lowest BCUT2D eigenvalue weighted by Gasteiger charge is -2.00. The van der Waals surface area contributed by atoms with Crippen molar-refractivity contribution in [1.29, 1.82) is 5.41 Å². The van der Waals surface area contributed by atoms with Gasteiger partial charge in [0.25, 0.3) is 0 Å². The predicted octanol–water partition coefficient (Wildman–Crippen LogP) is 1.10. The molecule has 0 unspecified atom stereocenters. The number of halogens is 2. The molecular weight excluding hydrogens is 250 g/mol. The molecule has 0 saturated carbocycles. The summed E-state index contributed by atoms with van der Waals surface area (Å²) in [6.45, 7) is 0. The van der Waals surface area contributed by atoms with E-state index >= 15 is 0 Å². The molecule has 5 heteroatoms. The van der Waals surface area contributed by atoms with Gasteiger partial charge in [0.15, 0.2) is 0 Å². The molecule has 0 atom stereocenters. The number of allylic oxidation sites excluding steroid dienone is 1. The predicted molar refractivity (Wildman–Crippen MR) is 45.9 cm³/mol. The van der Waals surface area contributed by atoms with Crippen LogP contribution < -0.4 is 11.1 Å². The van der Waals surface area contributed by atoms with Gasteiger partial charge in [0.1, 0.15) is 10.4 Å². The van der Waals surface area contributed by atoms with Crippen LogP contribution in [0.1, 0.15) is 0 Å². The summed E-state index contributed by atoms with van der Waals surface area (Å²) in [5, 5.41) is 9.71. The Morgan fingerprint density at radius 2 is 2.00 bits per heavy atom. The van der Waals surface area contributed by atoms with Crippen molar-refractivity contribution < 1.29 is 0 Å². The molecule has 0 bridgehead atoms. The van der Waals surface area contributed by atoms with Gasteiger partial charge in [-0.2, -0.15) is 0 Å². The molecule has 0 aliphatic carbocycles. The van der Waals surface area contributed by atoms with Crippen molar-refractivity contribution in [3.63, 3.8) is 0 Å². The van der Waals surface area contributed by atoms with Crippen LogP contribution in [0.2, 0.25) is 0 Å². The van der Waals surface area contributed by atoms with Crippen LogP contribution in [-0.2, 0) is 0 Å². The average Bonchev–Trinajstić information content (AvgIpc) is 1.84. The Morgan fingerprint density at radius 1 is 1.56 bits per heavy atom. The van der Waals surface area contributed by atoms with Gasteiger partial charge in [-0.25, -0.2) is 0 Å². The minimum atomic E-state index is 0.231. The molecule has 0 rings (SSSR count). The van der Waals surface area contributed by atoms with Crippen LogP contribution in [0.25, 0.3) is 0 Å². The first kappa shape index (κ1) is 8.97. The minimum Gasteiger partial charge on any atom is -0.385 e. The van der Waals surface area contributed by atoms with Gasteiger partial charge >= 0.3 is 0 Å². The maximum atomic E-state index is 7.03. The van der Waals surface area contributed by atoms with E-state index in [2.05, 4.69) is 37.2 Å². The summed E-state index contributed by atoms with van der Waals surface area (Å²) in [5.74, 6) is 0.442. The molecule has 4 N–H and O–H groups in total. The molecule has 3 nitrogen and oxygen atoms in total. The molecule has 9 heavy (non-hydrogen) atoms. The maximum absolute atomic E-state index is 7.03. The first-order valence-electron chi connectivity index (χ1n) is 2.17. The molecule has 0 aromatic carbocycles. The summed E-state index contributed by atoms with van der Waals surface area (Å²) in [5.41, 5.74) is 5.37. The molecule has 52 valence electrons. The fourth-order valence-corrected chi connectivity index (χ4v) is 0.640. The second kappa shape index (κ2) is 3.90. The summed E-state index contributed by atoms with van der Waals surface area (Å²) in [6.07, 6.45) is 0. The molecule has 0 saturated heterocycles. The van der Waals surface area contributed by atoms with E-state index in [1.165, 1.54) is 0 Å². The maximum Gasteiger partial charge on any atom is 0.115 e. The quantitative estimate of drug-likeness (QED) is 0.648. The highest BCUT2D eigenvalue weighted by molar-refractivity contribution is 9.20. The molecule has 0 aliphatic heterocycles. The first-order valence-corrected chi connectivity index (χ1v) is 3.75. The van der Waals surface area contributed by atoms with Gasteiger partial charge in [0.05, 0.1) is 4.48 Å². The van der Waals surface area contributed by atoms with Gasteiger partial charge < -0.3 is 11.1 Å². The van der Waals surface area contributed by atoms with Crippen LogP contribution in [0, 0.1) is 5.41 Å². The monoisotopic (exact) mass is 255 g/mol. The van der Waals surface area contributed by atoms with Crippen molar-refractivity contribution in [2.75, 3.05) is 7.05 Å². The number of nitrogens with one attached hydrogen (secondary N) is 2. The highest BCUT2D eigenvalue weighted by Gasteiger charge is 1.99. The average molecular weight is 257 g/mol. The third-order valence-electron chi connectivity index (χ3n) is 0.699. The number of nitrogens with two attached hydrogens (primary N) is 1. The van der Waals surface area contributed by atoms with E-state index in [0.29, 0.717) is 10.3 Å². The molecule has 0 spiro atoms. The number of rotatable bonds is 2. The fourth-order valence-electron chi connectivity index (χ4n) is 0.228. The zero-order valence-corrected chi connectivity index (χ0v) is 8.01. The van der Waals surface area contributed by atoms with E-state index < -0.39 is 0 Å². The van der Waals surface area contributed by atoms with E-state index in [0.717, 1.165) is 0 Å². The van der Waals surface area contributed by atoms with Gasteiger partial charge in [-0.05, 0) is 31.9 Å². The molecule has 0 heterocycles. The fraction of sp³-hybridized carbons (Fsp3) is 0.250. The van der Waals surface area contributed by atoms with E-state index in [1.807, 2.05) is 0 Å². The highest BCUT2D eigenvalue weighted by atomic mass is 79.9. The third-order valence-corrected chi connectivity index (χ3v) is 2.45. The van der Waals surface area contributed by atoms with Gasteiger partial charge in [-0.3, -0.25) is 5.41 Å². The van der Waals surface area contributed by atoms with Crippen LogP contribution in [0.15, 0.2) is 10.3 Å². The molecule has 0 fully saturated rings. The minimum absolute atomic E-state index is 0.231. The van der Waals surface area contributed by atoms with Gasteiger partial charge in [0, 0.05) is 7.05 Å². The van der Waals surface area contributed by atoms with Crippen molar-refractivity contribution in [2.45, 2.75) is 0 Å². The Labute approximate surface area is 70.5 Å². The highest BCUT2D eigenvalue weighted by Crippen LogP contribution is 2.11. The summed E-state index contributed by atoms with van der Waals surface area (Å²) in [4.78, 5) is 0. The molecule has 0 radical (unpaired) electrons. The van der Waals surface area contributed by atoms with Crippen LogP contribution in [0.4, 0.5) is 0 Å². The molecule has 0 aromatic rings. The second-order valence-corrected chi connectivity index (χ2v) is 2.88. The molecule has 0 amide bonds. The number of hydrogen-bond donors (Lipinski definition) is 3. The Bertz CT molecular complexity index is 152. The summed E-state index contributed by atoms with van der Waals surface area (Å²) in [6, 6.07) is 0.